The molecule has 1 aromatic heterocycles. The third-order valence-corrected chi connectivity index (χ3v) is 3.26. The summed E-state index contributed by atoms with van der Waals surface area (Å²) in [6.45, 7) is 0. The number of carbonyl (C=O) groups is 1. The average Bonchev–Trinajstić information content (AvgIpc) is 2.82. The molecule has 0 aliphatic heterocycles. The molecule has 0 spiro atoms. The number of H-pyrrole nitrogens is 1. The van der Waals surface area contributed by atoms with Crippen molar-refractivity contribution in [3.05, 3.63) is 59.1 Å². The maximum atomic E-state index is 10.8. The maximum Gasteiger partial charge on any atom is 0.0715 e. The van der Waals surface area contributed by atoms with E-state index in [2.05, 4.69) is 4.98 Å². The van der Waals surface area contributed by atoms with Crippen LogP contribution in [0.5, 0.6) is 0 Å². The van der Waals surface area contributed by atoms with Gasteiger partial charge in [-0.05, 0) is 41.5 Å². The van der Waals surface area contributed by atoms with Gasteiger partial charge < -0.3 is 14.9 Å². The molecular weight excluding hydrogens is 262 g/mol. The van der Waals surface area contributed by atoms with Crippen LogP contribution in [0.2, 0.25) is 5.02 Å². The summed E-state index contributed by atoms with van der Waals surface area (Å²) in [6, 6.07) is 14.2. The normalized spacial score (nSPS) is 10.8. The quantitative estimate of drug-likeness (QED) is 0.778. The van der Waals surface area contributed by atoms with Crippen molar-refractivity contribution in [3.8, 4) is 11.3 Å². The van der Waals surface area contributed by atoms with Gasteiger partial charge in [0.05, 0.1) is 5.97 Å². The first kappa shape index (κ1) is 11.8. The molecule has 3 aromatic rings. The fourth-order valence-electron chi connectivity index (χ4n) is 2.04. The Bertz CT molecular complexity index is 759. The predicted octanol–water partition coefficient (Wildman–Crippen LogP) is 2.85. The van der Waals surface area contributed by atoms with Crippen LogP contribution in [-0.4, -0.2) is 11.0 Å². The summed E-state index contributed by atoms with van der Waals surface area (Å²) in [5.74, 6) is -1.17. The second-order valence-corrected chi connectivity index (χ2v) is 4.72. The van der Waals surface area contributed by atoms with Crippen LogP contribution in [0.4, 0.5) is 0 Å². The van der Waals surface area contributed by atoms with Gasteiger partial charge in [-0.2, -0.15) is 0 Å². The lowest BCUT2D eigenvalue weighted by molar-refractivity contribution is -0.255. The summed E-state index contributed by atoms with van der Waals surface area (Å²) in [4.78, 5) is 14.1. The van der Waals surface area contributed by atoms with Crippen LogP contribution in [-0.2, 0) is 0 Å². The van der Waals surface area contributed by atoms with Gasteiger partial charge in [-0.25, -0.2) is 0 Å². The molecule has 19 heavy (non-hydrogen) atoms. The smallest absolute Gasteiger partial charge is 0.0715 e. The second kappa shape index (κ2) is 4.44. The van der Waals surface area contributed by atoms with E-state index < -0.39 is 5.97 Å². The van der Waals surface area contributed by atoms with Gasteiger partial charge >= 0.3 is 0 Å². The van der Waals surface area contributed by atoms with E-state index in [1.807, 2.05) is 30.3 Å². The molecule has 2 aromatic carbocycles. The Morgan fingerprint density at radius 1 is 1.05 bits per heavy atom. The van der Waals surface area contributed by atoms with Crippen molar-refractivity contribution in [3.63, 3.8) is 0 Å². The summed E-state index contributed by atoms with van der Waals surface area (Å²) in [5, 5.41) is 12.3. The third kappa shape index (κ3) is 2.20. The third-order valence-electron chi connectivity index (χ3n) is 3.01. The fourth-order valence-corrected chi connectivity index (χ4v) is 2.17. The highest BCUT2D eigenvalue weighted by molar-refractivity contribution is 6.30. The number of aromatic amines is 1. The number of aromatic carboxylic acids is 1. The van der Waals surface area contributed by atoms with E-state index in [9.17, 15) is 9.90 Å². The summed E-state index contributed by atoms with van der Waals surface area (Å²) in [6.07, 6.45) is 0. The monoisotopic (exact) mass is 270 g/mol. The molecule has 0 saturated carbocycles. The number of hydrogen-bond acceptors (Lipinski definition) is 2. The molecule has 0 aliphatic rings. The van der Waals surface area contributed by atoms with Crippen molar-refractivity contribution >= 4 is 28.5 Å². The first-order valence-electron chi connectivity index (χ1n) is 5.73. The lowest BCUT2D eigenvalue weighted by Gasteiger charge is -2.00. The fraction of sp³-hybridized carbons (Fsp3) is 0. The van der Waals surface area contributed by atoms with Crippen LogP contribution in [0, 0.1) is 0 Å². The van der Waals surface area contributed by atoms with Crippen molar-refractivity contribution in [1.82, 2.24) is 4.98 Å². The second-order valence-electron chi connectivity index (χ2n) is 4.28. The van der Waals surface area contributed by atoms with E-state index >= 15 is 0 Å². The van der Waals surface area contributed by atoms with E-state index in [1.165, 1.54) is 6.07 Å². The minimum absolute atomic E-state index is 0.175. The highest BCUT2D eigenvalue weighted by atomic mass is 35.5. The zero-order chi connectivity index (χ0) is 13.4. The van der Waals surface area contributed by atoms with Crippen LogP contribution < -0.4 is 5.11 Å². The Kier molecular flexibility index (Phi) is 2.76. The first-order valence-corrected chi connectivity index (χ1v) is 6.11. The Morgan fingerprint density at radius 2 is 1.79 bits per heavy atom. The van der Waals surface area contributed by atoms with Gasteiger partial charge in [0.15, 0.2) is 0 Å². The summed E-state index contributed by atoms with van der Waals surface area (Å²) in [5.41, 5.74) is 2.97. The van der Waals surface area contributed by atoms with Crippen LogP contribution in [0.1, 0.15) is 10.4 Å². The molecular formula is C15H9ClNO2-. The number of carboxylic acids is 1. The van der Waals surface area contributed by atoms with Crippen LogP contribution >= 0.6 is 11.6 Å². The van der Waals surface area contributed by atoms with Gasteiger partial charge in [0, 0.05) is 21.6 Å². The van der Waals surface area contributed by atoms with E-state index in [1.54, 1.807) is 12.1 Å². The van der Waals surface area contributed by atoms with E-state index in [0.717, 1.165) is 22.2 Å². The highest BCUT2D eigenvalue weighted by Crippen LogP contribution is 2.25. The molecule has 0 bridgehead atoms. The zero-order valence-electron chi connectivity index (χ0n) is 9.81. The molecule has 0 fully saturated rings. The summed E-state index contributed by atoms with van der Waals surface area (Å²) >= 11 is 5.85. The lowest BCUT2D eigenvalue weighted by Crippen LogP contribution is -2.21. The molecule has 94 valence electrons. The molecule has 1 N–H and O–H groups in total. The molecule has 0 radical (unpaired) electrons. The molecule has 0 amide bonds. The average molecular weight is 271 g/mol. The van der Waals surface area contributed by atoms with Gasteiger partial charge in [0.25, 0.3) is 0 Å². The topological polar surface area (TPSA) is 55.9 Å². The number of halogens is 1. The number of fused-ring (bicyclic) bond motifs is 1. The molecule has 3 nitrogen and oxygen atoms in total. The number of carboxylic acid groups (broad SMARTS) is 1. The van der Waals surface area contributed by atoms with Gasteiger partial charge in [-0.3, -0.25) is 0 Å². The number of nitrogens with one attached hydrogen (secondary N) is 1. The SMILES string of the molecule is O=C([O-])c1ccc2[nH]c(-c3ccc(Cl)cc3)cc2c1. The number of hydrogen-bond donors (Lipinski definition) is 1. The number of aromatic nitrogens is 1. The van der Waals surface area contributed by atoms with Gasteiger partial charge in [-0.1, -0.05) is 29.8 Å². The highest BCUT2D eigenvalue weighted by Gasteiger charge is 2.04. The van der Waals surface area contributed by atoms with Crippen LogP contribution in [0.25, 0.3) is 22.2 Å². The predicted molar refractivity (Wildman–Crippen MR) is 73.1 cm³/mol. The molecule has 4 heteroatoms. The van der Waals surface area contributed by atoms with Gasteiger partial charge in [0.2, 0.25) is 0 Å². The zero-order valence-corrected chi connectivity index (χ0v) is 10.6. The largest absolute Gasteiger partial charge is 0.545 e. The van der Waals surface area contributed by atoms with E-state index in [0.29, 0.717) is 5.02 Å². The first-order chi connectivity index (χ1) is 9.13. The van der Waals surface area contributed by atoms with Crippen molar-refractivity contribution < 1.29 is 9.90 Å². The lowest BCUT2D eigenvalue weighted by atomic mass is 10.1. The Morgan fingerprint density at radius 3 is 2.47 bits per heavy atom. The number of rotatable bonds is 2. The molecule has 0 saturated heterocycles. The molecule has 3 rings (SSSR count). The summed E-state index contributed by atoms with van der Waals surface area (Å²) < 4.78 is 0. The van der Waals surface area contributed by atoms with Crippen molar-refractivity contribution in [2.24, 2.45) is 0 Å². The molecule has 0 unspecified atom stereocenters. The van der Waals surface area contributed by atoms with Crippen LogP contribution in [0.15, 0.2) is 48.5 Å². The standard InChI is InChI=1S/C15H10ClNO2/c16-12-4-1-9(2-5-12)14-8-11-7-10(15(18)19)3-6-13(11)17-14/h1-8,17H,(H,18,19)/p-1. The van der Waals surface area contributed by atoms with Crippen molar-refractivity contribution in [2.45, 2.75) is 0 Å². The minimum atomic E-state index is -1.17. The van der Waals surface area contributed by atoms with Crippen LogP contribution in [0.3, 0.4) is 0 Å². The Labute approximate surface area is 114 Å². The van der Waals surface area contributed by atoms with Gasteiger partial charge in [0.1, 0.15) is 0 Å². The number of benzene rings is 2. The summed E-state index contributed by atoms with van der Waals surface area (Å²) in [7, 11) is 0. The molecule has 1 heterocycles. The van der Waals surface area contributed by atoms with E-state index in [-0.39, 0.29) is 5.56 Å². The Hall–Kier alpha value is -2.26. The maximum absolute atomic E-state index is 10.8. The molecule has 0 aliphatic carbocycles. The van der Waals surface area contributed by atoms with E-state index in [4.69, 9.17) is 11.6 Å². The number of carbonyl (C=O) groups excluding carboxylic acids is 1. The van der Waals surface area contributed by atoms with Gasteiger partial charge in [-0.15, -0.1) is 0 Å². The van der Waals surface area contributed by atoms with Crippen molar-refractivity contribution in [2.75, 3.05) is 0 Å². The minimum Gasteiger partial charge on any atom is -0.545 e. The Balaban J connectivity index is 2.11. The van der Waals surface area contributed by atoms with Crippen molar-refractivity contribution in [1.29, 1.82) is 0 Å². The molecule has 0 atom stereocenters.